The van der Waals surface area contributed by atoms with Gasteiger partial charge < -0.3 is 4.42 Å². The van der Waals surface area contributed by atoms with Gasteiger partial charge in [0.2, 0.25) is 10.0 Å². The average molecular weight is 469 g/mol. The van der Waals surface area contributed by atoms with Crippen LogP contribution < -0.4 is 4.72 Å². The first-order valence-electron chi connectivity index (χ1n) is 9.61. The van der Waals surface area contributed by atoms with E-state index in [0.29, 0.717) is 22.2 Å². The number of nitrogens with one attached hydrogen (secondary N) is 1. The highest BCUT2D eigenvalue weighted by atomic mass is 32.2. The standard InChI is InChI=1S/C22H20N4O4S2/c1-15-19(12-13-30-15)21-23-24-22(26(21)18-6-4-3-5-7-18)31-14-20(27)16-8-10-17(11-9-16)25-32(2,28)29/h3-13,25H,14H2,1-2H3. The second kappa shape index (κ2) is 9.01. The van der Waals surface area contributed by atoms with Crippen molar-refractivity contribution in [2.75, 3.05) is 16.7 Å². The summed E-state index contributed by atoms with van der Waals surface area (Å²) in [5.41, 5.74) is 2.58. The second-order valence-corrected chi connectivity index (χ2v) is 9.72. The summed E-state index contributed by atoms with van der Waals surface area (Å²) in [6.07, 6.45) is 2.68. The molecule has 2 aromatic carbocycles. The van der Waals surface area contributed by atoms with Gasteiger partial charge >= 0.3 is 0 Å². The number of hydrogen-bond acceptors (Lipinski definition) is 7. The molecule has 1 N–H and O–H groups in total. The molecule has 32 heavy (non-hydrogen) atoms. The van der Waals surface area contributed by atoms with Crippen LogP contribution in [0.5, 0.6) is 0 Å². The van der Waals surface area contributed by atoms with Crippen LogP contribution in [-0.2, 0) is 10.0 Å². The van der Waals surface area contributed by atoms with Gasteiger partial charge in [-0.15, -0.1) is 10.2 Å². The van der Waals surface area contributed by atoms with Crippen molar-refractivity contribution < 1.29 is 17.6 Å². The van der Waals surface area contributed by atoms with E-state index in [2.05, 4.69) is 14.9 Å². The minimum atomic E-state index is -3.37. The van der Waals surface area contributed by atoms with Crippen LogP contribution in [-0.4, -0.2) is 41.0 Å². The minimum Gasteiger partial charge on any atom is -0.469 e. The van der Waals surface area contributed by atoms with Crippen LogP contribution in [0.15, 0.2) is 76.5 Å². The quantitative estimate of drug-likeness (QED) is 0.305. The minimum absolute atomic E-state index is 0.107. The number of aryl methyl sites for hydroxylation is 1. The molecule has 0 aliphatic heterocycles. The number of Topliss-reactive ketones (excluding diaryl/α,β-unsaturated/α-hetero) is 1. The molecule has 0 fully saturated rings. The number of carbonyl (C=O) groups excluding carboxylic acids is 1. The zero-order chi connectivity index (χ0) is 22.7. The fourth-order valence-corrected chi connectivity index (χ4v) is 4.53. The van der Waals surface area contributed by atoms with Gasteiger partial charge in [0.15, 0.2) is 16.8 Å². The summed E-state index contributed by atoms with van der Waals surface area (Å²) in [5, 5.41) is 9.24. The summed E-state index contributed by atoms with van der Waals surface area (Å²) in [6, 6.07) is 17.8. The fourth-order valence-electron chi connectivity index (χ4n) is 3.12. The molecule has 4 aromatic rings. The summed E-state index contributed by atoms with van der Waals surface area (Å²) in [4.78, 5) is 12.7. The van der Waals surface area contributed by atoms with Crippen molar-refractivity contribution in [3.05, 3.63) is 78.3 Å². The first kappa shape index (κ1) is 21.8. The summed E-state index contributed by atoms with van der Waals surface area (Å²) in [7, 11) is -3.37. The Balaban J connectivity index is 1.57. The van der Waals surface area contributed by atoms with Gasteiger partial charge in [0.1, 0.15) is 5.76 Å². The van der Waals surface area contributed by atoms with Crippen LogP contribution in [0.1, 0.15) is 16.1 Å². The van der Waals surface area contributed by atoms with E-state index in [1.165, 1.54) is 11.8 Å². The molecule has 0 amide bonds. The summed E-state index contributed by atoms with van der Waals surface area (Å²) in [6.45, 7) is 1.86. The molecular formula is C22H20N4O4S2. The van der Waals surface area contributed by atoms with Crippen molar-refractivity contribution in [3.8, 4) is 17.1 Å². The van der Waals surface area contributed by atoms with Crippen LogP contribution in [0.3, 0.4) is 0 Å². The number of rotatable bonds is 8. The van der Waals surface area contributed by atoms with E-state index in [4.69, 9.17) is 4.42 Å². The van der Waals surface area contributed by atoms with E-state index in [0.717, 1.165) is 23.3 Å². The Morgan fingerprint density at radius 2 is 1.78 bits per heavy atom. The maximum absolute atomic E-state index is 12.7. The third-order valence-corrected chi connectivity index (χ3v) is 6.13. The maximum Gasteiger partial charge on any atom is 0.229 e. The molecule has 0 spiro atoms. The second-order valence-electron chi connectivity index (χ2n) is 7.03. The molecule has 0 saturated carbocycles. The van der Waals surface area contributed by atoms with E-state index in [9.17, 15) is 13.2 Å². The van der Waals surface area contributed by atoms with Gasteiger partial charge in [-0.1, -0.05) is 30.0 Å². The van der Waals surface area contributed by atoms with Crippen molar-refractivity contribution in [3.63, 3.8) is 0 Å². The van der Waals surface area contributed by atoms with E-state index in [-0.39, 0.29) is 11.5 Å². The number of carbonyl (C=O) groups is 1. The SMILES string of the molecule is Cc1occc1-c1nnc(SCC(=O)c2ccc(NS(C)(=O)=O)cc2)n1-c1ccccc1. The summed E-state index contributed by atoms with van der Waals surface area (Å²) in [5.74, 6) is 1.40. The zero-order valence-electron chi connectivity index (χ0n) is 17.3. The Bertz CT molecular complexity index is 1340. The van der Waals surface area contributed by atoms with Crippen molar-refractivity contribution in [1.29, 1.82) is 0 Å². The van der Waals surface area contributed by atoms with Gasteiger partial charge in [-0.3, -0.25) is 14.1 Å². The number of anilines is 1. The Hall–Kier alpha value is -3.37. The van der Waals surface area contributed by atoms with Crippen molar-refractivity contribution in [2.24, 2.45) is 0 Å². The molecule has 0 bridgehead atoms. The third kappa shape index (κ3) is 4.92. The van der Waals surface area contributed by atoms with Gasteiger partial charge in [-0.25, -0.2) is 8.42 Å². The van der Waals surface area contributed by atoms with Crippen molar-refractivity contribution in [2.45, 2.75) is 12.1 Å². The molecule has 0 aliphatic rings. The predicted molar refractivity (Wildman–Crippen MR) is 124 cm³/mol. The van der Waals surface area contributed by atoms with E-state index in [1.54, 1.807) is 30.5 Å². The number of hydrogen-bond donors (Lipinski definition) is 1. The van der Waals surface area contributed by atoms with Gasteiger partial charge in [0.25, 0.3) is 0 Å². The predicted octanol–water partition coefficient (Wildman–Crippen LogP) is 4.18. The molecule has 2 aromatic heterocycles. The Morgan fingerprint density at radius 3 is 2.41 bits per heavy atom. The highest BCUT2D eigenvalue weighted by Crippen LogP contribution is 2.30. The molecule has 8 nitrogen and oxygen atoms in total. The van der Waals surface area contributed by atoms with Crippen LogP contribution >= 0.6 is 11.8 Å². The van der Waals surface area contributed by atoms with Gasteiger partial charge in [0, 0.05) is 16.9 Å². The number of nitrogens with zero attached hydrogens (tertiary/aromatic N) is 3. The maximum atomic E-state index is 12.7. The molecular weight excluding hydrogens is 448 g/mol. The van der Waals surface area contributed by atoms with E-state index in [1.807, 2.05) is 47.9 Å². The first-order chi connectivity index (χ1) is 15.3. The lowest BCUT2D eigenvalue weighted by molar-refractivity contribution is 0.102. The Labute approximate surface area is 189 Å². The molecule has 0 saturated heterocycles. The molecule has 2 heterocycles. The number of sulfonamides is 1. The molecule has 0 aliphatic carbocycles. The normalized spacial score (nSPS) is 11.4. The number of aromatic nitrogens is 3. The van der Waals surface area contributed by atoms with Gasteiger partial charge in [-0.05, 0) is 49.4 Å². The molecule has 0 unspecified atom stereocenters. The third-order valence-electron chi connectivity index (χ3n) is 4.59. The van der Waals surface area contributed by atoms with Gasteiger partial charge in [-0.2, -0.15) is 0 Å². The highest BCUT2D eigenvalue weighted by Gasteiger charge is 2.20. The number of benzene rings is 2. The lowest BCUT2D eigenvalue weighted by atomic mass is 10.1. The lowest BCUT2D eigenvalue weighted by Crippen LogP contribution is -2.10. The topological polar surface area (TPSA) is 107 Å². The van der Waals surface area contributed by atoms with E-state index < -0.39 is 10.0 Å². The largest absolute Gasteiger partial charge is 0.469 e. The summed E-state index contributed by atoms with van der Waals surface area (Å²) >= 11 is 1.28. The Morgan fingerprint density at radius 1 is 1.06 bits per heavy atom. The molecule has 0 radical (unpaired) electrons. The van der Waals surface area contributed by atoms with Crippen molar-refractivity contribution in [1.82, 2.24) is 14.8 Å². The fraction of sp³-hybridized carbons (Fsp3) is 0.136. The van der Waals surface area contributed by atoms with Crippen molar-refractivity contribution >= 4 is 33.3 Å². The molecule has 0 atom stereocenters. The molecule has 164 valence electrons. The number of ketones is 1. The summed E-state index contributed by atoms with van der Waals surface area (Å²) < 4.78 is 32.4. The van der Waals surface area contributed by atoms with Crippen LogP contribution in [0, 0.1) is 6.92 Å². The lowest BCUT2D eigenvalue weighted by Gasteiger charge is -2.10. The average Bonchev–Trinajstić information content (AvgIpc) is 3.37. The molecule has 10 heteroatoms. The first-order valence-corrected chi connectivity index (χ1v) is 12.5. The number of furan rings is 1. The zero-order valence-corrected chi connectivity index (χ0v) is 19.0. The van der Waals surface area contributed by atoms with E-state index >= 15 is 0 Å². The van der Waals surface area contributed by atoms with Crippen LogP contribution in [0.2, 0.25) is 0 Å². The van der Waals surface area contributed by atoms with Crippen LogP contribution in [0.4, 0.5) is 5.69 Å². The highest BCUT2D eigenvalue weighted by molar-refractivity contribution is 7.99. The number of para-hydroxylation sites is 1. The number of thioether (sulfide) groups is 1. The molecule has 4 rings (SSSR count). The monoisotopic (exact) mass is 468 g/mol. The van der Waals surface area contributed by atoms with Crippen LogP contribution in [0.25, 0.3) is 17.1 Å². The Kier molecular flexibility index (Phi) is 6.15. The van der Waals surface area contributed by atoms with Gasteiger partial charge in [0.05, 0.1) is 23.8 Å². The smallest absolute Gasteiger partial charge is 0.229 e.